The van der Waals surface area contributed by atoms with Gasteiger partial charge in [0.1, 0.15) is 0 Å². The number of nitrogens with one attached hydrogen (secondary N) is 2. The Morgan fingerprint density at radius 3 is 1.76 bits per heavy atom. The van der Waals surface area contributed by atoms with Crippen LogP contribution < -0.4 is 36.0 Å². The lowest BCUT2D eigenvalue weighted by Crippen LogP contribution is -2.55. The lowest BCUT2D eigenvalue weighted by molar-refractivity contribution is -0.177. The monoisotopic (exact) mass is 987 g/mol. The van der Waals surface area contributed by atoms with Crippen molar-refractivity contribution in [1.82, 2.24) is 5.32 Å². The molecule has 19 heteroatoms. The van der Waals surface area contributed by atoms with Crippen LogP contribution in [0.1, 0.15) is 74.1 Å². The minimum absolute atomic E-state index is 0.0374. The Labute approximate surface area is 417 Å². The van der Waals surface area contributed by atoms with E-state index in [0.29, 0.717) is 55.2 Å². The fourth-order valence-electron chi connectivity index (χ4n) is 9.72. The molecule has 5 aliphatic heterocycles. The lowest BCUT2D eigenvalue weighted by Gasteiger charge is -2.35. The van der Waals surface area contributed by atoms with E-state index in [4.69, 9.17) is 19.9 Å². The molecule has 5 heterocycles. The molecule has 4 fully saturated rings. The summed E-state index contributed by atoms with van der Waals surface area (Å²) in [5, 5.41) is 25.9. The van der Waals surface area contributed by atoms with Gasteiger partial charge in [0.05, 0.1) is 13.2 Å². The molecule has 0 aromatic heterocycles. The molecule has 0 radical (unpaired) electrons. The number of fused-ring (bicyclic) bond motifs is 2. The van der Waals surface area contributed by atoms with Gasteiger partial charge in [0, 0.05) is 93.2 Å². The number of aliphatic carboxylic acids is 1. The van der Waals surface area contributed by atoms with Gasteiger partial charge in [-0.3, -0.25) is 28.8 Å². The second-order valence-electron chi connectivity index (χ2n) is 18.4. The SMILES string of the molecule is CC(=O)O[C@@H](C(=O)O)[C@H]1OCCN(c2cccc(N3CCCCC3=O)c2)C1=O.Nc1ccc2c(c1)CCC2.O=C(Nc1ccc2c(c1)CNC2)[C@H](O)[C@H]1OCCN(c2cccc(N3CCCCC3=O)c2)C1=O. The van der Waals surface area contributed by atoms with E-state index in [1.165, 1.54) is 45.8 Å². The van der Waals surface area contributed by atoms with Gasteiger partial charge in [-0.25, -0.2) is 4.79 Å². The zero-order chi connectivity index (χ0) is 50.9. The number of rotatable bonds is 10. The first-order chi connectivity index (χ1) is 34.7. The summed E-state index contributed by atoms with van der Waals surface area (Å²) in [4.78, 5) is 92.3. The number of aliphatic hydroxyl groups is 1. The normalized spacial score (nSPS) is 20.5. The van der Waals surface area contributed by atoms with E-state index in [1.54, 1.807) is 58.3 Å². The van der Waals surface area contributed by atoms with Crippen LogP contribution in [0.25, 0.3) is 0 Å². The number of piperidine rings is 2. The van der Waals surface area contributed by atoms with Crippen LogP contribution in [0.2, 0.25) is 0 Å². The summed E-state index contributed by atoms with van der Waals surface area (Å²) in [7, 11) is 0. The first-order valence-corrected chi connectivity index (χ1v) is 24.5. The number of hydrogen-bond acceptors (Lipinski definition) is 13. The number of carbonyl (C=O) groups is 7. The largest absolute Gasteiger partial charge is 0.478 e. The maximum absolute atomic E-state index is 13.2. The zero-order valence-corrected chi connectivity index (χ0v) is 40.3. The summed E-state index contributed by atoms with van der Waals surface area (Å²) in [5.41, 5.74) is 14.9. The molecule has 4 aromatic rings. The van der Waals surface area contributed by atoms with Crippen LogP contribution in [0, 0.1) is 0 Å². The number of aliphatic hydroxyl groups excluding tert-OH is 1. The lowest BCUT2D eigenvalue weighted by atomic mass is 10.1. The molecular weight excluding hydrogens is 927 g/mol. The number of carboxylic acids is 1. The minimum atomic E-state index is -1.72. The van der Waals surface area contributed by atoms with Gasteiger partial charge in [0.2, 0.25) is 17.9 Å². The zero-order valence-electron chi connectivity index (χ0n) is 40.3. The van der Waals surface area contributed by atoms with Crippen molar-refractivity contribution in [3.05, 3.63) is 107 Å². The number of carbonyl (C=O) groups excluding carboxylic acids is 6. The fourth-order valence-corrected chi connectivity index (χ4v) is 9.72. The molecule has 0 spiro atoms. The van der Waals surface area contributed by atoms with Crippen LogP contribution in [0.15, 0.2) is 84.9 Å². The van der Waals surface area contributed by atoms with Crippen LogP contribution in [-0.4, -0.2) is 115 Å². The summed E-state index contributed by atoms with van der Waals surface area (Å²) in [6, 6.07) is 26.0. The van der Waals surface area contributed by atoms with Crippen molar-refractivity contribution in [2.75, 3.05) is 70.0 Å². The number of esters is 1. The van der Waals surface area contributed by atoms with Gasteiger partial charge in [0.25, 0.3) is 17.7 Å². The van der Waals surface area contributed by atoms with Crippen molar-refractivity contribution in [1.29, 1.82) is 0 Å². The van der Waals surface area contributed by atoms with Crippen LogP contribution >= 0.6 is 0 Å². The molecule has 19 nitrogen and oxygen atoms in total. The Kier molecular flexibility index (Phi) is 16.6. The molecule has 6 aliphatic rings. The predicted molar refractivity (Wildman–Crippen MR) is 267 cm³/mol. The minimum Gasteiger partial charge on any atom is -0.478 e. The molecule has 0 bridgehead atoms. The van der Waals surface area contributed by atoms with E-state index in [9.17, 15) is 43.8 Å². The Morgan fingerprint density at radius 2 is 1.18 bits per heavy atom. The van der Waals surface area contributed by atoms with Crippen molar-refractivity contribution in [3.8, 4) is 0 Å². The predicted octanol–water partition coefficient (Wildman–Crippen LogP) is 4.25. The first kappa shape index (κ1) is 51.2. The maximum atomic E-state index is 13.2. The third-order valence-corrected chi connectivity index (χ3v) is 13.4. The molecule has 72 heavy (non-hydrogen) atoms. The number of carboxylic acid groups (broad SMARTS) is 1. The van der Waals surface area contributed by atoms with E-state index in [0.717, 1.165) is 62.6 Å². The molecule has 4 saturated heterocycles. The van der Waals surface area contributed by atoms with Crippen molar-refractivity contribution < 1.29 is 58.0 Å². The Bertz CT molecular complexity index is 2700. The second-order valence-corrected chi connectivity index (χ2v) is 18.4. The van der Waals surface area contributed by atoms with Crippen molar-refractivity contribution in [3.63, 3.8) is 0 Å². The van der Waals surface area contributed by atoms with Gasteiger partial charge in [-0.2, -0.15) is 0 Å². The van der Waals surface area contributed by atoms with Crippen molar-refractivity contribution in [2.24, 2.45) is 0 Å². The van der Waals surface area contributed by atoms with Gasteiger partial charge in [0.15, 0.2) is 18.3 Å². The molecule has 5 amide bonds. The van der Waals surface area contributed by atoms with E-state index >= 15 is 0 Å². The highest BCUT2D eigenvalue weighted by atomic mass is 16.6. The fraction of sp³-hybridized carbons (Fsp3) is 0.415. The van der Waals surface area contributed by atoms with Gasteiger partial charge in [-0.15, -0.1) is 0 Å². The quantitative estimate of drug-likeness (QED) is 0.110. The van der Waals surface area contributed by atoms with Crippen molar-refractivity contribution in [2.45, 2.75) is 102 Å². The molecular formula is C53H61N7O12. The van der Waals surface area contributed by atoms with E-state index in [-0.39, 0.29) is 31.6 Å². The van der Waals surface area contributed by atoms with Gasteiger partial charge < -0.3 is 60.4 Å². The number of aryl methyl sites for hydroxylation is 2. The Hall–Kier alpha value is -7.19. The molecule has 4 aromatic carbocycles. The summed E-state index contributed by atoms with van der Waals surface area (Å²) in [6.07, 6.45) is 2.26. The Morgan fingerprint density at radius 1 is 0.639 bits per heavy atom. The molecule has 0 unspecified atom stereocenters. The standard InChI is InChI=1S/C25H28N4O5.C19H22N2O7.C9H11N/c30-21-6-1-2-9-28(21)19-4-3-5-20(13-19)29-10-11-34-23(25(29)33)22(31)24(32)27-18-8-7-16-14-26-15-17(16)12-18;1-12(22)28-17(19(25)26)16-18(24)21(9-10-27-16)14-6-4-5-13(11-14)20-8-3-2-7-15(20)23;10-9-5-4-7-2-1-3-8(7)6-9/h3-5,7-8,12-13,22-23,26,31H,1-2,6,9-11,14-15H2,(H,27,32);4-6,11,16-17H,2-3,7-10H2,1H3,(H,25,26);4-6H,1-3,10H2/t22-,23-;16-,17-;/m11./s1. The topological polar surface area (TPSA) is 251 Å². The summed E-state index contributed by atoms with van der Waals surface area (Å²) >= 11 is 0. The number of ether oxygens (including phenoxy) is 3. The molecule has 10 rings (SSSR count). The number of nitrogen functional groups attached to an aromatic ring is 1. The molecule has 4 atom stereocenters. The highest BCUT2D eigenvalue weighted by molar-refractivity contribution is 6.05. The van der Waals surface area contributed by atoms with E-state index in [1.807, 2.05) is 24.3 Å². The number of benzene rings is 4. The van der Waals surface area contributed by atoms with Gasteiger partial charge in [-0.1, -0.05) is 24.3 Å². The number of anilines is 6. The number of hydrogen-bond donors (Lipinski definition) is 5. The molecule has 380 valence electrons. The summed E-state index contributed by atoms with van der Waals surface area (Å²) in [5.74, 6) is -3.95. The molecule has 1 aliphatic carbocycles. The summed E-state index contributed by atoms with van der Waals surface area (Å²) < 4.78 is 15.6. The van der Waals surface area contributed by atoms with E-state index < -0.39 is 54.1 Å². The third-order valence-electron chi connectivity index (χ3n) is 13.4. The maximum Gasteiger partial charge on any atom is 0.348 e. The van der Waals surface area contributed by atoms with Crippen molar-refractivity contribution >= 4 is 75.6 Å². The van der Waals surface area contributed by atoms with E-state index in [2.05, 4.69) is 22.8 Å². The van der Waals surface area contributed by atoms with Gasteiger partial charge in [-0.05, 0) is 128 Å². The molecule has 6 N–H and O–H groups in total. The molecule has 0 saturated carbocycles. The smallest absolute Gasteiger partial charge is 0.348 e. The third kappa shape index (κ3) is 12.1. The second kappa shape index (κ2) is 23.4. The van der Waals surface area contributed by atoms with Crippen LogP contribution in [0.3, 0.4) is 0 Å². The number of nitrogens with zero attached hydrogens (tertiary/aromatic N) is 4. The average Bonchev–Trinajstić information content (AvgIpc) is 4.06. The first-order valence-electron chi connectivity index (χ1n) is 24.5. The number of morpholine rings is 2. The average molecular weight is 988 g/mol. The van der Waals surface area contributed by atoms with Gasteiger partial charge >= 0.3 is 11.9 Å². The summed E-state index contributed by atoms with van der Waals surface area (Å²) in [6.45, 7) is 4.64. The highest BCUT2D eigenvalue weighted by Crippen LogP contribution is 2.31. The van der Waals surface area contributed by atoms with Crippen LogP contribution in [0.4, 0.5) is 34.1 Å². The number of nitrogens with two attached hydrogens (primary N) is 1. The number of amides is 5. The van der Waals surface area contributed by atoms with Crippen LogP contribution in [0.5, 0.6) is 0 Å². The highest BCUT2D eigenvalue weighted by Gasteiger charge is 2.43. The Balaban J connectivity index is 0.000000163. The van der Waals surface area contributed by atoms with Crippen LogP contribution in [-0.2, 0) is 73.7 Å².